The fourth-order valence-corrected chi connectivity index (χ4v) is 2.69. The summed E-state index contributed by atoms with van der Waals surface area (Å²) in [5, 5.41) is 12.1. The Morgan fingerprint density at radius 2 is 1.62 bits per heavy atom. The van der Waals surface area contributed by atoms with Crippen molar-refractivity contribution >= 4 is 11.9 Å². The van der Waals surface area contributed by atoms with E-state index in [0.29, 0.717) is 17.7 Å². The highest BCUT2D eigenvalue weighted by Gasteiger charge is 2.23. The van der Waals surface area contributed by atoms with E-state index in [9.17, 15) is 14.7 Å². The van der Waals surface area contributed by atoms with Crippen LogP contribution in [-0.4, -0.2) is 23.1 Å². The van der Waals surface area contributed by atoms with Gasteiger partial charge >= 0.3 is 5.97 Å². The van der Waals surface area contributed by atoms with Crippen molar-refractivity contribution in [1.82, 2.24) is 5.32 Å². The molecule has 2 rings (SSSR count). The lowest BCUT2D eigenvalue weighted by atomic mass is 10.0. The topological polar surface area (TPSA) is 75.6 Å². The fraction of sp³-hybridized carbons (Fsp3) is 0.333. The number of carboxylic acid groups (broad SMARTS) is 1. The van der Waals surface area contributed by atoms with Crippen LogP contribution in [0.3, 0.4) is 0 Å². The molecule has 1 atom stereocenters. The zero-order valence-corrected chi connectivity index (χ0v) is 15.6. The highest BCUT2D eigenvalue weighted by molar-refractivity contribution is 5.96. The largest absolute Gasteiger partial charge is 0.479 e. The lowest BCUT2D eigenvalue weighted by Gasteiger charge is -2.16. The summed E-state index contributed by atoms with van der Waals surface area (Å²) in [6, 6.07) is 11.4. The molecule has 0 radical (unpaired) electrons. The van der Waals surface area contributed by atoms with Gasteiger partial charge in [0.1, 0.15) is 0 Å². The van der Waals surface area contributed by atoms with Crippen molar-refractivity contribution in [2.45, 2.75) is 46.4 Å². The van der Waals surface area contributed by atoms with E-state index in [-0.39, 0.29) is 6.10 Å². The molecular weight excluding hydrogens is 330 g/mol. The Labute approximate surface area is 154 Å². The second-order valence-corrected chi connectivity index (χ2v) is 6.72. The third-order valence-electron chi connectivity index (χ3n) is 3.90. The minimum absolute atomic E-state index is 0.132. The number of hydrogen-bond acceptors (Lipinski definition) is 3. The molecule has 5 heteroatoms. The van der Waals surface area contributed by atoms with Crippen LogP contribution in [0.5, 0.6) is 0 Å². The number of carboxylic acids is 1. The number of amides is 1. The first-order valence-corrected chi connectivity index (χ1v) is 8.58. The summed E-state index contributed by atoms with van der Waals surface area (Å²) >= 11 is 0. The van der Waals surface area contributed by atoms with E-state index in [1.54, 1.807) is 24.3 Å². The second kappa shape index (κ2) is 8.63. The maximum atomic E-state index is 12.5. The Bertz CT molecular complexity index is 761. The van der Waals surface area contributed by atoms with Gasteiger partial charge in [-0.3, -0.25) is 4.79 Å². The summed E-state index contributed by atoms with van der Waals surface area (Å²) < 4.78 is 5.53. The Kier molecular flexibility index (Phi) is 6.52. The van der Waals surface area contributed by atoms with E-state index < -0.39 is 17.9 Å². The summed E-state index contributed by atoms with van der Waals surface area (Å²) in [5.41, 5.74) is 3.84. The van der Waals surface area contributed by atoms with Gasteiger partial charge in [-0.05, 0) is 51.0 Å². The predicted octanol–water partition coefficient (Wildman–Crippen LogP) is 3.78. The van der Waals surface area contributed by atoms with Crippen molar-refractivity contribution in [1.29, 1.82) is 0 Å². The summed E-state index contributed by atoms with van der Waals surface area (Å²) in [6.07, 6.45) is 0.132. The first-order valence-electron chi connectivity index (χ1n) is 8.58. The summed E-state index contributed by atoms with van der Waals surface area (Å²) in [6.45, 7) is 8.19. The average molecular weight is 355 g/mol. The third-order valence-corrected chi connectivity index (χ3v) is 3.90. The number of hydrogen-bond donors (Lipinski definition) is 2. The van der Waals surface area contributed by atoms with Crippen LogP contribution >= 0.6 is 0 Å². The Balaban J connectivity index is 2.13. The van der Waals surface area contributed by atoms with Crippen LogP contribution in [0.1, 0.15) is 52.5 Å². The van der Waals surface area contributed by atoms with Crippen LogP contribution < -0.4 is 5.32 Å². The number of carbonyl (C=O) groups is 2. The first-order chi connectivity index (χ1) is 12.3. The molecule has 26 heavy (non-hydrogen) atoms. The van der Waals surface area contributed by atoms with Crippen molar-refractivity contribution in [2.24, 2.45) is 0 Å². The smallest absolute Gasteiger partial charge is 0.330 e. The Morgan fingerprint density at radius 1 is 1.04 bits per heavy atom. The minimum Gasteiger partial charge on any atom is -0.479 e. The number of ether oxygens (including phenoxy) is 1. The van der Waals surface area contributed by atoms with E-state index in [4.69, 9.17) is 4.74 Å². The first kappa shape index (κ1) is 19.7. The molecule has 1 amide bonds. The van der Waals surface area contributed by atoms with E-state index in [1.165, 1.54) is 0 Å². The van der Waals surface area contributed by atoms with Crippen molar-refractivity contribution < 1.29 is 19.4 Å². The molecule has 5 nitrogen and oxygen atoms in total. The van der Waals surface area contributed by atoms with E-state index in [0.717, 1.165) is 16.7 Å². The SMILES string of the molecule is Cc1cc(C)cc(C(NC(=O)c2ccc(COC(C)C)cc2)C(=O)O)c1. The summed E-state index contributed by atoms with van der Waals surface area (Å²) in [4.78, 5) is 24.1. The van der Waals surface area contributed by atoms with Crippen molar-refractivity contribution in [3.63, 3.8) is 0 Å². The molecule has 0 heterocycles. The molecular formula is C21H25NO4. The van der Waals surface area contributed by atoms with Crippen molar-refractivity contribution in [2.75, 3.05) is 0 Å². The molecule has 0 aromatic heterocycles. The van der Waals surface area contributed by atoms with Gasteiger partial charge in [-0.15, -0.1) is 0 Å². The molecule has 1 unspecified atom stereocenters. The number of carbonyl (C=O) groups excluding carboxylic acids is 1. The number of nitrogens with one attached hydrogen (secondary N) is 1. The van der Waals surface area contributed by atoms with Gasteiger partial charge in [-0.2, -0.15) is 0 Å². The van der Waals surface area contributed by atoms with E-state index >= 15 is 0 Å². The minimum atomic E-state index is -1.09. The molecule has 2 aromatic rings. The van der Waals surface area contributed by atoms with Crippen LogP contribution in [0.4, 0.5) is 0 Å². The van der Waals surface area contributed by atoms with Crippen molar-refractivity contribution in [3.05, 3.63) is 70.3 Å². The zero-order valence-electron chi connectivity index (χ0n) is 15.6. The summed E-state index contributed by atoms with van der Waals surface area (Å²) in [5.74, 6) is -1.52. The van der Waals surface area contributed by atoms with Gasteiger partial charge in [-0.1, -0.05) is 41.5 Å². The number of rotatable bonds is 7. The second-order valence-electron chi connectivity index (χ2n) is 6.72. The van der Waals surface area contributed by atoms with Gasteiger partial charge in [0.2, 0.25) is 0 Å². The van der Waals surface area contributed by atoms with Crippen LogP contribution in [0.25, 0.3) is 0 Å². The lowest BCUT2D eigenvalue weighted by molar-refractivity contribution is -0.139. The monoisotopic (exact) mass is 355 g/mol. The van der Waals surface area contributed by atoms with Gasteiger partial charge in [0, 0.05) is 5.56 Å². The highest BCUT2D eigenvalue weighted by Crippen LogP contribution is 2.18. The third kappa shape index (κ3) is 5.43. The maximum absolute atomic E-state index is 12.5. The average Bonchev–Trinajstić information content (AvgIpc) is 2.56. The molecule has 2 aromatic carbocycles. The molecule has 0 saturated carbocycles. The normalized spacial score (nSPS) is 12.0. The molecule has 0 bridgehead atoms. The van der Waals surface area contributed by atoms with Crippen LogP contribution in [-0.2, 0) is 16.1 Å². The molecule has 138 valence electrons. The van der Waals surface area contributed by atoms with Gasteiger partial charge in [0.15, 0.2) is 6.04 Å². The Hall–Kier alpha value is -2.66. The van der Waals surface area contributed by atoms with Crippen LogP contribution in [0.2, 0.25) is 0 Å². The molecule has 0 aliphatic rings. The molecule has 0 aliphatic carbocycles. The van der Waals surface area contributed by atoms with E-state index in [1.807, 2.05) is 45.9 Å². The highest BCUT2D eigenvalue weighted by atomic mass is 16.5. The molecule has 0 saturated heterocycles. The Morgan fingerprint density at radius 3 is 2.12 bits per heavy atom. The maximum Gasteiger partial charge on any atom is 0.330 e. The van der Waals surface area contributed by atoms with Crippen LogP contribution in [0.15, 0.2) is 42.5 Å². The molecule has 0 aliphatic heterocycles. The molecule has 0 spiro atoms. The number of aryl methyl sites for hydroxylation is 2. The molecule has 2 N–H and O–H groups in total. The van der Waals surface area contributed by atoms with Crippen LogP contribution in [0, 0.1) is 13.8 Å². The quantitative estimate of drug-likeness (QED) is 0.792. The van der Waals surface area contributed by atoms with Gasteiger partial charge in [0.25, 0.3) is 5.91 Å². The standard InChI is InChI=1S/C21H25NO4/c1-13(2)26-12-16-5-7-17(8-6-16)20(23)22-19(21(24)25)18-10-14(3)9-15(4)11-18/h5-11,13,19H,12H2,1-4H3,(H,22,23)(H,24,25). The number of benzene rings is 2. The van der Waals surface area contributed by atoms with E-state index in [2.05, 4.69) is 5.32 Å². The zero-order chi connectivity index (χ0) is 19.3. The predicted molar refractivity (Wildman–Crippen MR) is 100 cm³/mol. The summed E-state index contributed by atoms with van der Waals surface area (Å²) in [7, 11) is 0. The van der Waals surface area contributed by atoms with Crippen molar-refractivity contribution in [3.8, 4) is 0 Å². The fourth-order valence-electron chi connectivity index (χ4n) is 2.69. The van der Waals surface area contributed by atoms with Gasteiger partial charge < -0.3 is 15.2 Å². The van der Waals surface area contributed by atoms with Gasteiger partial charge in [-0.25, -0.2) is 4.79 Å². The molecule has 0 fully saturated rings. The lowest BCUT2D eigenvalue weighted by Crippen LogP contribution is -2.33. The van der Waals surface area contributed by atoms with Gasteiger partial charge in [0.05, 0.1) is 12.7 Å². The number of aliphatic carboxylic acids is 1.